The number of aromatic nitrogens is 1. The molecule has 1 aromatic heterocycles. The van der Waals surface area contributed by atoms with Gasteiger partial charge in [0.1, 0.15) is 5.02 Å². The van der Waals surface area contributed by atoms with Gasteiger partial charge < -0.3 is 4.52 Å². The first-order valence-corrected chi connectivity index (χ1v) is 2.84. The van der Waals surface area contributed by atoms with Gasteiger partial charge >= 0.3 is 0 Å². The van der Waals surface area contributed by atoms with Crippen LogP contribution in [-0.2, 0) is 0 Å². The van der Waals surface area contributed by atoms with Crippen molar-refractivity contribution < 1.29 is 4.52 Å². The van der Waals surface area contributed by atoms with Crippen LogP contribution in [0.15, 0.2) is 4.52 Å². The number of nitrogens with one attached hydrogen (secondary N) is 1. The number of H-pyrrole nitrogens is 1. The summed E-state index contributed by atoms with van der Waals surface area (Å²) < 4.78 is 4.98. The molecule has 1 N–H and O–H groups in total. The van der Waals surface area contributed by atoms with Crippen LogP contribution in [-0.4, -0.2) is 5.16 Å². The Bertz CT molecular complexity index is 238. The molecule has 0 radical (unpaired) electrons. The van der Waals surface area contributed by atoms with Crippen molar-refractivity contribution in [2.75, 3.05) is 0 Å². The van der Waals surface area contributed by atoms with E-state index in [4.69, 9.17) is 11.6 Å². The van der Waals surface area contributed by atoms with E-state index < -0.39 is 0 Å². The van der Waals surface area contributed by atoms with Crippen molar-refractivity contribution in [3.8, 4) is 0 Å². The number of halogens is 1. The molecule has 44 valence electrons. The zero-order valence-corrected chi connectivity index (χ0v) is 5.77. The van der Waals surface area contributed by atoms with E-state index in [0.717, 1.165) is 5.69 Å². The molecule has 8 heavy (non-hydrogen) atoms. The summed E-state index contributed by atoms with van der Waals surface area (Å²) in [4.78, 5) is 0. The lowest BCUT2D eigenvalue weighted by molar-refractivity contribution is 0.404. The van der Waals surface area contributed by atoms with Gasteiger partial charge in [-0.25, -0.2) is 5.16 Å². The molecule has 0 aliphatic heterocycles. The van der Waals surface area contributed by atoms with Gasteiger partial charge in [-0.05, 0) is 19.1 Å². The van der Waals surface area contributed by atoms with Crippen molar-refractivity contribution >= 4 is 23.8 Å². The molecule has 0 spiro atoms. The lowest BCUT2D eigenvalue weighted by Gasteiger charge is -1.74. The molecular formula is C4H4ClNOS. The summed E-state index contributed by atoms with van der Waals surface area (Å²) in [6, 6.07) is 0. The summed E-state index contributed by atoms with van der Waals surface area (Å²) in [6.45, 7) is 1.79. The molecule has 0 bridgehead atoms. The fraction of sp³-hybridized carbons (Fsp3) is 0.250. The van der Waals surface area contributed by atoms with Crippen molar-refractivity contribution in [1.29, 1.82) is 0 Å². The predicted octanol–water partition coefficient (Wildman–Crippen LogP) is 2.30. The van der Waals surface area contributed by atoms with Gasteiger partial charge in [-0.3, -0.25) is 0 Å². The highest BCUT2D eigenvalue weighted by atomic mass is 35.5. The molecule has 1 heterocycles. The van der Waals surface area contributed by atoms with E-state index in [1.807, 2.05) is 0 Å². The highest BCUT2D eigenvalue weighted by Crippen LogP contribution is 2.13. The third-order valence-electron chi connectivity index (χ3n) is 0.805. The molecule has 0 fully saturated rings. The van der Waals surface area contributed by atoms with Gasteiger partial charge in [0.15, 0.2) is 0 Å². The fourth-order valence-corrected chi connectivity index (χ4v) is 0.638. The van der Waals surface area contributed by atoms with E-state index in [1.54, 1.807) is 6.92 Å². The standard InChI is InChI=1S/C4H4ClNOS/c1-2-3(5)4(8)7-6-2/h6H,1H3. The Balaban J connectivity index is 3.41. The Morgan fingerprint density at radius 1 is 1.75 bits per heavy atom. The molecular weight excluding hydrogens is 146 g/mol. The second kappa shape index (κ2) is 1.91. The molecule has 0 aliphatic carbocycles. The molecule has 0 saturated carbocycles. The van der Waals surface area contributed by atoms with Crippen LogP contribution in [0.3, 0.4) is 0 Å². The van der Waals surface area contributed by atoms with E-state index in [9.17, 15) is 0 Å². The van der Waals surface area contributed by atoms with E-state index in [1.165, 1.54) is 0 Å². The molecule has 2 nitrogen and oxygen atoms in total. The van der Waals surface area contributed by atoms with Gasteiger partial charge in [0.2, 0.25) is 4.71 Å². The van der Waals surface area contributed by atoms with E-state index in [-0.39, 0.29) is 0 Å². The molecule has 0 saturated heterocycles. The number of aromatic amines is 1. The van der Waals surface area contributed by atoms with E-state index in [0.29, 0.717) is 9.73 Å². The maximum absolute atomic E-state index is 5.56. The second-order valence-corrected chi connectivity index (χ2v) is 2.18. The Morgan fingerprint density at radius 2 is 2.38 bits per heavy atom. The van der Waals surface area contributed by atoms with Crippen LogP contribution in [0, 0.1) is 11.6 Å². The number of aryl methyl sites for hydroxylation is 1. The maximum Gasteiger partial charge on any atom is 0.238 e. The van der Waals surface area contributed by atoms with Crippen molar-refractivity contribution in [2.24, 2.45) is 0 Å². The van der Waals surface area contributed by atoms with Crippen LogP contribution in [0.2, 0.25) is 5.02 Å². The number of hydrogen-bond donors (Lipinski definition) is 1. The highest BCUT2D eigenvalue weighted by Gasteiger charge is 1.97. The lowest BCUT2D eigenvalue weighted by Crippen LogP contribution is -1.64. The Morgan fingerprint density at radius 3 is 2.50 bits per heavy atom. The average Bonchev–Trinajstić information content (AvgIpc) is 1.98. The SMILES string of the molecule is Cc1[nH]oc(=S)c1Cl. The van der Waals surface area contributed by atoms with Crippen molar-refractivity contribution in [3.63, 3.8) is 0 Å². The number of rotatable bonds is 0. The maximum atomic E-state index is 5.56. The Kier molecular flexibility index (Phi) is 1.40. The summed E-state index contributed by atoms with van der Waals surface area (Å²) in [5.74, 6) is 0. The summed E-state index contributed by atoms with van der Waals surface area (Å²) in [5.41, 5.74) is 0.775. The van der Waals surface area contributed by atoms with Crippen LogP contribution < -0.4 is 0 Å². The summed E-state index contributed by atoms with van der Waals surface area (Å²) >= 11 is 10.2. The average molecular weight is 150 g/mol. The minimum Gasteiger partial charge on any atom is -0.369 e. The van der Waals surface area contributed by atoms with Crippen LogP contribution in [0.4, 0.5) is 0 Å². The van der Waals surface area contributed by atoms with E-state index in [2.05, 4.69) is 21.9 Å². The Labute approximate surface area is 56.4 Å². The van der Waals surface area contributed by atoms with Crippen LogP contribution in [0.25, 0.3) is 0 Å². The lowest BCUT2D eigenvalue weighted by atomic mass is 10.5. The monoisotopic (exact) mass is 149 g/mol. The molecule has 0 unspecified atom stereocenters. The minimum atomic E-state index is 0.323. The normalized spacial score (nSPS) is 9.75. The van der Waals surface area contributed by atoms with Gasteiger partial charge in [-0.1, -0.05) is 11.6 Å². The largest absolute Gasteiger partial charge is 0.369 e. The molecule has 1 rings (SSSR count). The van der Waals surface area contributed by atoms with Crippen LogP contribution in [0.1, 0.15) is 5.69 Å². The topological polar surface area (TPSA) is 28.9 Å². The van der Waals surface area contributed by atoms with Gasteiger partial charge in [0, 0.05) is 0 Å². The summed E-state index contributed by atoms with van der Waals surface area (Å²) in [5, 5.41) is 3.03. The predicted molar refractivity (Wildman–Crippen MR) is 33.6 cm³/mol. The van der Waals surface area contributed by atoms with Gasteiger partial charge in [0.25, 0.3) is 0 Å². The third kappa shape index (κ3) is 0.788. The second-order valence-electron chi connectivity index (χ2n) is 1.43. The van der Waals surface area contributed by atoms with Gasteiger partial charge in [-0.15, -0.1) is 0 Å². The molecule has 0 aromatic carbocycles. The first kappa shape index (κ1) is 5.85. The van der Waals surface area contributed by atoms with Crippen molar-refractivity contribution in [3.05, 3.63) is 15.4 Å². The Hall–Kier alpha value is -0.280. The molecule has 1 aromatic rings. The van der Waals surface area contributed by atoms with Gasteiger partial charge in [0.05, 0.1) is 5.69 Å². The van der Waals surface area contributed by atoms with Crippen molar-refractivity contribution in [2.45, 2.75) is 6.92 Å². The molecule has 0 aliphatic rings. The van der Waals surface area contributed by atoms with Crippen molar-refractivity contribution in [1.82, 2.24) is 5.16 Å². The van der Waals surface area contributed by atoms with Gasteiger partial charge in [-0.2, -0.15) is 0 Å². The fourth-order valence-electron chi connectivity index (χ4n) is 0.366. The number of hydrogen-bond acceptors (Lipinski definition) is 2. The van der Waals surface area contributed by atoms with Crippen LogP contribution in [0.5, 0.6) is 0 Å². The third-order valence-corrected chi connectivity index (χ3v) is 1.66. The smallest absolute Gasteiger partial charge is 0.238 e. The first-order valence-electron chi connectivity index (χ1n) is 2.05. The summed E-state index contributed by atoms with van der Waals surface area (Å²) in [7, 11) is 0. The zero-order chi connectivity index (χ0) is 6.15. The van der Waals surface area contributed by atoms with E-state index >= 15 is 0 Å². The molecule has 4 heteroatoms. The highest BCUT2D eigenvalue weighted by molar-refractivity contribution is 7.71. The zero-order valence-electron chi connectivity index (χ0n) is 4.19. The quantitative estimate of drug-likeness (QED) is 0.574. The minimum absolute atomic E-state index is 0.323. The summed E-state index contributed by atoms with van der Waals surface area (Å²) in [6.07, 6.45) is 0. The molecule has 0 atom stereocenters. The molecule has 0 amide bonds. The van der Waals surface area contributed by atoms with Crippen LogP contribution >= 0.6 is 23.8 Å². The first-order chi connectivity index (χ1) is 3.72.